The van der Waals surface area contributed by atoms with E-state index in [4.69, 9.17) is 4.42 Å². The zero-order valence-corrected chi connectivity index (χ0v) is 20.5. The zero-order chi connectivity index (χ0) is 25.8. The average molecular weight is 514 g/mol. The number of hydrogen-bond acceptors (Lipinski definition) is 7. The number of piperidine rings is 1. The Labute approximate surface area is 213 Å². The molecule has 1 N–H and O–H groups in total. The third-order valence-electron chi connectivity index (χ3n) is 7.01. The number of nitrogens with zero attached hydrogens (tertiary/aromatic N) is 4. The first-order valence-electron chi connectivity index (χ1n) is 12.7. The minimum absolute atomic E-state index is 0.148. The van der Waals surface area contributed by atoms with Gasteiger partial charge in [-0.15, -0.1) is 0 Å². The number of hydrogen-bond donors (Lipinski definition) is 1. The molecule has 10 heteroatoms. The molecule has 0 radical (unpaired) electrons. The summed E-state index contributed by atoms with van der Waals surface area (Å²) in [6, 6.07) is 13.5. The highest BCUT2D eigenvalue weighted by molar-refractivity contribution is 5.96. The number of nitrogens with one attached hydrogen (secondary N) is 1. The Morgan fingerprint density at radius 3 is 2.49 bits per heavy atom. The molecule has 1 aromatic carbocycles. The van der Waals surface area contributed by atoms with Crippen molar-refractivity contribution in [3.05, 3.63) is 71.2 Å². The molecule has 0 spiro atoms. The second-order valence-electron chi connectivity index (χ2n) is 9.56. The van der Waals surface area contributed by atoms with Crippen LogP contribution in [-0.4, -0.2) is 55.0 Å². The van der Waals surface area contributed by atoms with Gasteiger partial charge in [-0.2, -0.15) is 18.2 Å². The zero-order valence-electron chi connectivity index (χ0n) is 20.5. The Balaban J connectivity index is 1.28. The van der Waals surface area contributed by atoms with Crippen molar-refractivity contribution in [1.29, 1.82) is 0 Å². The van der Waals surface area contributed by atoms with Gasteiger partial charge < -0.3 is 19.5 Å². The van der Waals surface area contributed by atoms with Gasteiger partial charge in [0.1, 0.15) is 5.82 Å². The Bertz CT molecular complexity index is 1180. The van der Waals surface area contributed by atoms with E-state index in [1.54, 1.807) is 23.2 Å². The number of alkyl halides is 3. The van der Waals surface area contributed by atoms with Gasteiger partial charge in [-0.1, -0.05) is 36.4 Å². The highest BCUT2D eigenvalue weighted by atomic mass is 19.4. The van der Waals surface area contributed by atoms with Crippen LogP contribution in [0.1, 0.15) is 52.6 Å². The molecule has 0 atom stereocenters. The summed E-state index contributed by atoms with van der Waals surface area (Å²) in [5.74, 6) is -0.387. The van der Waals surface area contributed by atoms with Gasteiger partial charge >= 0.3 is 6.18 Å². The number of rotatable bonds is 6. The number of anilines is 2. The molecule has 0 saturated carbocycles. The number of aromatic nitrogens is 2. The van der Waals surface area contributed by atoms with E-state index in [0.29, 0.717) is 24.6 Å². The predicted molar refractivity (Wildman–Crippen MR) is 134 cm³/mol. The normalized spacial score (nSPS) is 17.6. The second kappa shape index (κ2) is 10.9. The molecule has 5 rings (SSSR count). The van der Waals surface area contributed by atoms with E-state index in [1.807, 2.05) is 18.2 Å². The molecule has 2 fully saturated rings. The van der Waals surface area contributed by atoms with Crippen LogP contribution in [-0.2, 0) is 12.6 Å². The van der Waals surface area contributed by atoms with E-state index in [9.17, 15) is 18.0 Å². The smallest absolute Gasteiger partial charge is 0.420 e. The lowest BCUT2D eigenvalue weighted by Gasteiger charge is -2.31. The van der Waals surface area contributed by atoms with Crippen molar-refractivity contribution >= 4 is 17.6 Å². The molecule has 2 aliphatic heterocycles. The third kappa shape index (κ3) is 5.95. The number of oxazole rings is 1. The van der Waals surface area contributed by atoms with Crippen LogP contribution in [0.2, 0.25) is 0 Å². The summed E-state index contributed by atoms with van der Waals surface area (Å²) in [4.78, 5) is 25.0. The molecule has 0 amide bonds. The lowest BCUT2D eigenvalue weighted by atomic mass is 9.90. The summed E-state index contributed by atoms with van der Waals surface area (Å²) in [6.45, 7) is 4.51. The van der Waals surface area contributed by atoms with E-state index < -0.39 is 23.4 Å². The number of Topliss-reactive ketones (excluding diaryl/α,β-unsaturated/α-hetero) is 1. The monoisotopic (exact) mass is 513 g/mol. The molecule has 0 aliphatic carbocycles. The van der Waals surface area contributed by atoms with E-state index in [0.717, 1.165) is 51.3 Å². The van der Waals surface area contributed by atoms with Gasteiger partial charge in [0.25, 0.3) is 6.01 Å². The van der Waals surface area contributed by atoms with E-state index >= 15 is 0 Å². The largest absolute Gasteiger partial charge is 0.437 e. The average Bonchev–Trinajstić information content (AvgIpc) is 3.20. The fourth-order valence-electron chi connectivity index (χ4n) is 5.00. The standard InChI is InChI=1S/C27H30F3N5O2/c28-27(29,30)25-24(22(36)17-19-7-8-23(32-18-19)34-13-4-11-31-12-16-34)37-26(33-25)35-14-9-21(10-15-35)20-5-2-1-3-6-20/h1-3,5-8,18,21,31H,4,9-17H2. The lowest BCUT2D eigenvalue weighted by Crippen LogP contribution is -2.33. The molecule has 0 bridgehead atoms. The van der Waals surface area contributed by atoms with Crippen molar-refractivity contribution < 1.29 is 22.4 Å². The lowest BCUT2D eigenvalue weighted by molar-refractivity contribution is -0.141. The Hall–Kier alpha value is -3.40. The van der Waals surface area contributed by atoms with E-state index in [2.05, 4.69) is 32.3 Å². The predicted octanol–water partition coefficient (Wildman–Crippen LogP) is 4.70. The van der Waals surface area contributed by atoms with Crippen molar-refractivity contribution in [1.82, 2.24) is 15.3 Å². The molecule has 196 valence electrons. The van der Waals surface area contributed by atoms with Crippen LogP contribution in [0.25, 0.3) is 0 Å². The Morgan fingerprint density at radius 1 is 1.00 bits per heavy atom. The molecule has 7 nitrogen and oxygen atoms in total. The fraction of sp³-hybridized carbons (Fsp3) is 0.444. The van der Waals surface area contributed by atoms with Crippen molar-refractivity contribution in [2.24, 2.45) is 0 Å². The summed E-state index contributed by atoms with van der Waals surface area (Å²) in [5.41, 5.74) is 0.476. The number of carbonyl (C=O) groups excluding carboxylic acids is 1. The summed E-state index contributed by atoms with van der Waals surface area (Å²) in [6.07, 6.45) is -0.963. The van der Waals surface area contributed by atoms with Crippen molar-refractivity contribution in [2.75, 3.05) is 49.1 Å². The van der Waals surface area contributed by atoms with Gasteiger partial charge in [0.15, 0.2) is 5.69 Å². The Kier molecular flexibility index (Phi) is 7.45. The minimum atomic E-state index is -4.79. The number of benzene rings is 1. The highest BCUT2D eigenvalue weighted by Crippen LogP contribution is 2.36. The quantitative estimate of drug-likeness (QED) is 0.479. The van der Waals surface area contributed by atoms with Crippen molar-refractivity contribution in [3.63, 3.8) is 0 Å². The molecular weight excluding hydrogens is 483 g/mol. The number of halogens is 3. The fourth-order valence-corrected chi connectivity index (χ4v) is 5.00. The van der Waals surface area contributed by atoms with Gasteiger partial charge in [-0.25, -0.2) is 4.98 Å². The minimum Gasteiger partial charge on any atom is -0.420 e. The van der Waals surface area contributed by atoms with Gasteiger partial charge in [-0.05, 0) is 48.9 Å². The first kappa shape index (κ1) is 25.3. The molecule has 2 aromatic heterocycles. The van der Waals surface area contributed by atoms with Crippen LogP contribution < -0.4 is 15.1 Å². The molecule has 0 unspecified atom stereocenters. The van der Waals surface area contributed by atoms with Gasteiger partial charge in [0.2, 0.25) is 11.5 Å². The first-order chi connectivity index (χ1) is 17.9. The Morgan fingerprint density at radius 2 is 1.78 bits per heavy atom. The summed E-state index contributed by atoms with van der Waals surface area (Å²) >= 11 is 0. The van der Waals surface area contributed by atoms with Crippen molar-refractivity contribution in [3.8, 4) is 0 Å². The van der Waals surface area contributed by atoms with Crippen LogP contribution in [0, 0.1) is 0 Å². The van der Waals surface area contributed by atoms with Crippen LogP contribution in [0.3, 0.4) is 0 Å². The maximum Gasteiger partial charge on any atom is 0.437 e. The SMILES string of the molecule is O=C(Cc1ccc(N2CCCNCC2)nc1)c1oc(N2CCC(c3ccccc3)CC2)nc1C(F)(F)F. The molecule has 37 heavy (non-hydrogen) atoms. The van der Waals surface area contributed by atoms with Crippen LogP contribution in [0.5, 0.6) is 0 Å². The molecule has 2 aliphatic rings. The van der Waals surface area contributed by atoms with Crippen LogP contribution in [0.15, 0.2) is 53.1 Å². The molecular formula is C27H30F3N5O2. The van der Waals surface area contributed by atoms with Crippen molar-refractivity contribution in [2.45, 2.75) is 37.8 Å². The second-order valence-corrected chi connectivity index (χ2v) is 9.56. The van der Waals surface area contributed by atoms with Gasteiger partial charge in [-0.3, -0.25) is 4.79 Å². The van der Waals surface area contributed by atoms with Crippen LogP contribution >= 0.6 is 0 Å². The number of carbonyl (C=O) groups is 1. The van der Waals surface area contributed by atoms with Crippen LogP contribution in [0.4, 0.5) is 25.0 Å². The third-order valence-corrected chi connectivity index (χ3v) is 7.01. The summed E-state index contributed by atoms with van der Waals surface area (Å²) in [5, 5.41) is 3.33. The van der Waals surface area contributed by atoms with Gasteiger partial charge in [0, 0.05) is 45.3 Å². The number of pyridine rings is 1. The first-order valence-corrected chi connectivity index (χ1v) is 12.7. The maximum absolute atomic E-state index is 13.8. The number of ketones is 1. The van der Waals surface area contributed by atoms with E-state index in [-0.39, 0.29) is 12.4 Å². The summed E-state index contributed by atoms with van der Waals surface area (Å²) < 4.78 is 46.9. The molecule has 3 aromatic rings. The molecule has 4 heterocycles. The summed E-state index contributed by atoms with van der Waals surface area (Å²) in [7, 11) is 0. The van der Waals surface area contributed by atoms with Gasteiger partial charge in [0.05, 0.1) is 0 Å². The maximum atomic E-state index is 13.8. The topological polar surface area (TPSA) is 74.5 Å². The highest BCUT2D eigenvalue weighted by Gasteiger charge is 2.42. The van der Waals surface area contributed by atoms with E-state index in [1.165, 1.54) is 5.56 Å². The molecule has 2 saturated heterocycles.